The Morgan fingerprint density at radius 1 is 1.08 bits per heavy atom. The highest BCUT2D eigenvalue weighted by Gasteiger charge is 2.19. The molecule has 3 N–H and O–H groups in total. The van der Waals surface area contributed by atoms with E-state index in [2.05, 4.69) is 5.32 Å². The lowest BCUT2D eigenvalue weighted by Crippen LogP contribution is -2.46. The second kappa shape index (κ2) is 7.87. The van der Waals surface area contributed by atoms with Crippen LogP contribution in [0.3, 0.4) is 0 Å². The van der Waals surface area contributed by atoms with Crippen LogP contribution in [0.4, 0.5) is 5.69 Å². The molecule has 0 bridgehead atoms. The van der Waals surface area contributed by atoms with Gasteiger partial charge in [0.25, 0.3) is 5.69 Å². The summed E-state index contributed by atoms with van der Waals surface area (Å²) in [5, 5.41) is 13.3. The van der Waals surface area contributed by atoms with Gasteiger partial charge in [0.05, 0.1) is 11.3 Å². The van der Waals surface area contributed by atoms with Gasteiger partial charge in [-0.3, -0.25) is 19.7 Å². The molecule has 1 atom stereocenters. The van der Waals surface area contributed by atoms with Crippen LogP contribution < -0.4 is 11.1 Å². The van der Waals surface area contributed by atoms with Crippen LogP contribution in [0.2, 0.25) is 0 Å². The molecule has 2 aromatic carbocycles. The average molecular weight is 327 g/mol. The standard InChI is InChI=1S/C17H17N3O4/c18-17(22)15(10-12-5-2-1-3-6-12)19-16(21)11-13-7-4-8-14(9-13)20(23)24/h1-9,15H,10-11H2,(H2,18,22)(H,19,21)/t15-/m1/s1. The summed E-state index contributed by atoms with van der Waals surface area (Å²) in [7, 11) is 0. The van der Waals surface area contributed by atoms with E-state index in [-0.39, 0.29) is 18.5 Å². The van der Waals surface area contributed by atoms with Crippen LogP contribution in [0.1, 0.15) is 11.1 Å². The highest BCUT2D eigenvalue weighted by atomic mass is 16.6. The molecule has 7 heteroatoms. The molecule has 0 heterocycles. The molecule has 0 radical (unpaired) electrons. The molecule has 24 heavy (non-hydrogen) atoms. The Bertz CT molecular complexity index is 747. The van der Waals surface area contributed by atoms with Crippen molar-refractivity contribution in [1.82, 2.24) is 5.32 Å². The van der Waals surface area contributed by atoms with Gasteiger partial charge in [-0.2, -0.15) is 0 Å². The molecule has 0 aliphatic heterocycles. The van der Waals surface area contributed by atoms with E-state index in [9.17, 15) is 19.7 Å². The quantitative estimate of drug-likeness (QED) is 0.590. The molecular formula is C17H17N3O4. The predicted molar refractivity (Wildman–Crippen MR) is 88.1 cm³/mol. The third kappa shape index (κ3) is 4.91. The number of amides is 2. The van der Waals surface area contributed by atoms with Crippen molar-refractivity contribution in [2.75, 3.05) is 0 Å². The van der Waals surface area contributed by atoms with Crippen LogP contribution in [0.15, 0.2) is 54.6 Å². The summed E-state index contributed by atoms with van der Waals surface area (Å²) in [6.45, 7) is 0. The number of carbonyl (C=O) groups excluding carboxylic acids is 2. The van der Waals surface area contributed by atoms with Gasteiger partial charge < -0.3 is 11.1 Å². The number of nitro benzene ring substituents is 1. The number of nitrogens with zero attached hydrogens (tertiary/aromatic N) is 1. The fourth-order valence-corrected chi connectivity index (χ4v) is 2.28. The fourth-order valence-electron chi connectivity index (χ4n) is 2.28. The number of primary amides is 1. The average Bonchev–Trinajstić information content (AvgIpc) is 2.55. The number of nitrogens with two attached hydrogens (primary N) is 1. The maximum atomic E-state index is 12.1. The predicted octanol–water partition coefficient (Wildman–Crippen LogP) is 1.35. The molecule has 124 valence electrons. The van der Waals surface area contributed by atoms with E-state index in [1.807, 2.05) is 30.3 Å². The zero-order valence-corrected chi connectivity index (χ0v) is 12.8. The molecule has 0 unspecified atom stereocenters. The van der Waals surface area contributed by atoms with E-state index in [0.717, 1.165) is 5.56 Å². The SMILES string of the molecule is NC(=O)[C@@H](Cc1ccccc1)NC(=O)Cc1cccc([N+](=O)[O-])c1. The number of hydrogen-bond acceptors (Lipinski definition) is 4. The van der Waals surface area contributed by atoms with Gasteiger partial charge in [0.15, 0.2) is 0 Å². The van der Waals surface area contributed by atoms with Crippen molar-refractivity contribution in [3.8, 4) is 0 Å². The lowest BCUT2D eigenvalue weighted by atomic mass is 10.0. The van der Waals surface area contributed by atoms with E-state index in [4.69, 9.17) is 5.73 Å². The van der Waals surface area contributed by atoms with E-state index < -0.39 is 22.8 Å². The Morgan fingerprint density at radius 2 is 1.75 bits per heavy atom. The van der Waals surface area contributed by atoms with Crippen LogP contribution in [0.25, 0.3) is 0 Å². The van der Waals surface area contributed by atoms with Crippen molar-refractivity contribution < 1.29 is 14.5 Å². The first kappa shape index (κ1) is 17.1. The topological polar surface area (TPSA) is 115 Å². The second-order valence-electron chi connectivity index (χ2n) is 5.32. The zero-order chi connectivity index (χ0) is 17.5. The van der Waals surface area contributed by atoms with Crippen molar-refractivity contribution in [3.05, 3.63) is 75.8 Å². The molecule has 0 saturated heterocycles. The van der Waals surface area contributed by atoms with Crippen LogP contribution in [-0.2, 0) is 22.4 Å². The Labute approximate surface area is 138 Å². The van der Waals surface area contributed by atoms with Gasteiger partial charge in [-0.25, -0.2) is 0 Å². The molecular weight excluding hydrogens is 310 g/mol. The smallest absolute Gasteiger partial charge is 0.269 e. The number of hydrogen-bond donors (Lipinski definition) is 2. The number of non-ortho nitro benzene ring substituents is 1. The number of benzene rings is 2. The van der Waals surface area contributed by atoms with Gasteiger partial charge in [0.2, 0.25) is 11.8 Å². The first-order valence-electron chi connectivity index (χ1n) is 7.31. The molecule has 7 nitrogen and oxygen atoms in total. The van der Waals surface area contributed by atoms with Gasteiger partial charge >= 0.3 is 0 Å². The molecule has 0 spiro atoms. The number of rotatable bonds is 7. The van der Waals surface area contributed by atoms with Crippen molar-refractivity contribution in [2.45, 2.75) is 18.9 Å². The Balaban J connectivity index is 2.02. The second-order valence-corrected chi connectivity index (χ2v) is 5.32. The van der Waals surface area contributed by atoms with Crippen LogP contribution in [-0.4, -0.2) is 22.8 Å². The first-order chi connectivity index (χ1) is 11.5. The third-order valence-corrected chi connectivity index (χ3v) is 3.45. The molecule has 0 aromatic heterocycles. The van der Waals surface area contributed by atoms with Gasteiger partial charge in [0.1, 0.15) is 6.04 Å². The van der Waals surface area contributed by atoms with E-state index in [1.54, 1.807) is 6.07 Å². The molecule has 2 aromatic rings. The van der Waals surface area contributed by atoms with E-state index in [1.165, 1.54) is 18.2 Å². The fraction of sp³-hybridized carbons (Fsp3) is 0.176. The molecule has 0 fully saturated rings. The largest absolute Gasteiger partial charge is 0.368 e. The van der Waals surface area contributed by atoms with Gasteiger partial charge in [-0.1, -0.05) is 42.5 Å². The summed E-state index contributed by atoms with van der Waals surface area (Å²) in [6.07, 6.45) is 0.219. The number of carbonyl (C=O) groups is 2. The molecule has 0 aliphatic carbocycles. The maximum absolute atomic E-state index is 12.1. The highest BCUT2D eigenvalue weighted by molar-refractivity contribution is 5.87. The van der Waals surface area contributed by atoms with Crippen LogP contribution in [0.5, 0.6) is 0 Å². The lowest BCUT2D eigenvalue weighted by Gasteiger charge is -2.15. The maximum Gasteiger partial charge on any atom is 0.269 e. The van der Waals surface area contributed by atoms with Crippen molar-refractivity contribution in [3.63, 3.8) is 0 Å². The van der Waals surface area contributed by atoms with Crippen molar-refractivity contribution >= 4 is 17.5 Å². The lowest BCUT2D eigenvalue weighted by molar-refractivity contribution is -0.384. The number of nitrogens with one attached hydrogen (secondary N) is 1. The molecule has 0 saturated carbocycles. The molecule has 2 amide bonds. The summed E-state index contributed by atoms with van der Waals surface area (Å²) in [5.41, 5.74) is 6.62. The minimum atomic E-state index is -0.835. The summed E-state index contributed by atoms with van der Waals surface area (Å²) in [6, 6.07) is 14.2. The van der Waals surface area contributed by atoms with Gasteiger partial charge in [0, 0.05) is 18.6 Å². The van der Waals surface area contributed by atoms with Crippen LogP contribution >= 0.6 is 0 Å². The summed E-state index contributed by atoms with van der Waals surface area (Å²) >= 11 is 0. The highest BCUT2D eigenvalue weighted by Crippen LogP contribution is 2.13. The van der Waals surface area contributed by atoms with Crippen molar-refractivity contribution in [2.24, 2.45) is 5.73 Å². The Morgan fingerprint density at radius 3 is 2.38 bits per heavy atom. The first-order valence-corrected chi connectivity index (χ1v) is 7.31. The zero-order valence-electron chi connectivity index (χ0n) is 12.8. The summed E-state index contributed by atoms with van der Waals surface area (Å²) in [5.74, 6) is -1.05. The minimum absolute atomic E-state index is 0.0692. The Kier molecular flexibility index (Phi) is 5.62. The summed E-state index contributed by atoms with van der Waals surface area (Å²) in [4.78, 5) is 33.9. The monoisotopic (exact) mass is 327 g/mol. The minimum Gasteiger partial charge on any atom is -0.368 e. The normalized spacial score (nSPS) is 11.5. The van der Waals surface area contributed by atoms with Crippen molar-refractivity contribution in [1.29, 1.82) is 0 Å². The van der Waals surface area contributed by atoms with E-state index >= 15 is 0 Å². The summed E-state index contributed by atoms with van der Waals surface area (Å²) < 4.78 is 0. The van der Waals surface area contributed by atoms with Crippen LogP contribution in [0, 0.1) is 10.1 Å². The third-order valence-electron chi connectivity index (χ3n) is 3.45. The van der Waals surface area contributed by atoms with Gasteiger partial charge in [-0.15, -0.1) is 0 Å². The van der Waals surface area contributed by atoms with E-state index in [0.29, 0.717) is 5.56 Å². The molecule has 2 rings (SSSR count). The molecule has 0 aliphatic rings. The van der Waals surface area contributed by atoms with Gasteiger partial charge in [-0.05, 0) is 11.1 Å². The Hall–Kier alpha value is -3.22. The number of nitro groups is 1.